The highest BCUT2D eigenvalue weighted by molar-refractivity contribution is 5.90. The lowest BCUT2D eigenvalue weighted by atomic mass is 9.95. The molecule has 20 heavy (non-hydrogen) atoms. The number of pyridine rings is 1. The molecule has 6 nitrogen and oxygen atoms in total. The van der Waals surface area contributed by atoms with Crippen molar-refractivity contribution in [2.45, 2.75) is 39.2 Å². The highest BCUT2D eigenvalue weighted by Gasteiger charge is 2.23. The highest BCUT2D eigenvalue weighted by Crippen LogP contribution is 2.15. The molecule has 0 bridgehead atoms. The number of carbonyl (C=O) groups is 1. The van der Waals surface area contributed by atoms with Crippen molar-refractivity contribution in [3.63, 3.8) is 0 Å². The van der Waals surface area contributed by atoms with Crippen molar-refractivity contribution < 1.29 is 9.90 Å². The number of nitrogens with zero attached hydrogens (tertiary/aromatic N) is 1. The van der Waals surface area contributed by atoms with E-state index in [0.29, 0.717) is 24.1 Å². The fourth-order valence-corrected chi connectivity index (χ4v) is 1.86. The highest BCUT2D eigenvalue weighted by atomic mass is 16.3. The molecular weight excluding hydrogens is 258 g/mol. The Bertz CT molecular complexity index is 539. The van der Waals surface area contributed by atoms with Crippen LogP contribution in [0.5, 0.6) is 0 Å². The number of carbonyl (C=O) groups excluding carboxylic acids is 1. The van der Waals surface area contributed by atoms with Crippen LogP contribution in [0, 0.1) is 6.92 Å². The lowest BCUT2D eigenvalue weighted by Gasteiger charge is -2.29. The lowest BCUT2D eigenvalue weighted by Crippen LogP contribution is -2.48. The van der Waals surface area contributed by atoms with Gasteiger partial charge >= 0.3 is 6.03 Å². The van der Waals surface area contributed by atoms with E-state index in [9.17, 15) is 9.59 Å². The maximum atomic E-state index is 12.0. The second-order valence-corrected chi connectivity index (χ2v) is 5.29. The maximum Gasteiger partial charge on any atom is 0.319 e. The van der Waals surface area contributed by atoms with Crippen molar-refractivity contribution in [1.82, 2.24) is 9.88 Å². The smallest absolute Gasteiger partial charge is 0.319 e. The molecule has 3 N–H and O–H groups in total. The van der Waals surface area contributed by atoms with E-state index in [-0.39, 0.29) is 18.2 Å². The van der Waals surface area contributed by atoms with Gasteiger partial charge in [0, 0.05) is 31.5 Å². The van der Waals surface area contributed by atoms with Crippen LogP contribution in [0.4, 0.5) is 10.5 Å². The van der Waals surface area contributed by atoms with Crippen LogP contribution in [0.25, 0.3) is 0 Å². The third-order valence-electron chi connectivity index (χ3n) is 3.54. The number of aryl methyl sites for hydroxylation is 2. The average molecular weight is 281 g/mol. The Morgan fingerprint density at radius 1 is 1.50 bits per heavy atom. The van der Waals surface area contributed by atoms with E-state index >= 15 is 0 Å². The molecule has 1 aromatic rings. The predicted molar refractivity (Wildman–Crippen MR) is 79.0 cm³/mol. The minimum Gasteiger partial charge on any atom is -0.396 e. The quantitative estimate of drug-likeness (QED) is 0.762. The van der Waals surface area contributed by atoms with Gasteiger partial charge in [-0.2, -0.15) is 0 Å². The molecule has 1 heterocycles. The largest absolute Gasteiger partial charge is 0.396 e. The lowest BCUT2D eigenvalue weighted by molar-refractivity contribution is 0.208. The summed E-state index contributed by atoms with van der Waals surface area (Å²) in [6.07, 6.45) is 2.79. The molecule has 112 valence electrons. The van der Waals surface area contributed by atoms with Crippen LogP contribution in [0.3, 0.4) is 0 Å². The zero-order chi connectivity index (χ0) is 15.3. The maximum absolute atomic E-state index is 12.0. The Morgan fingerprint density at radius 2 is 2.15 bits per heavy atom. The van der Waals surface area contributed by atoms with Crippen molar-refractivity contribution in [3.05, 3.63) is 28.2 Å². The summed E-state index contributed by atoms with van der Waals surface area (Å²) >= 11 is 0. The zero-order valence-electron chi connectivity index (χ0n) is 12.5. The van der Waals surface area contributed by atoms with Gasteiger partial charge in [-0.1, -0.05) is 6.92 Å². The molecule has 1 unspecified atom stereocenters. The summed E-state index contributed by atoms with van der Waals surface area (Å²) in [4.78, 5) is 23.5. The van der Waals surface area contributed by atoms with E-state index in [1.54, 1.807) is 20.2 Å². The molecule has 1 rings (SSSR count). The Morgan fingerprint density at radius 3 is 2.70 bits per heavy atom. The first kappa shape index (κ1) is 16.2. The van der Waals surface area contributed by atoms with E-state index in [4.69, 9.17) is 5.11 Å². The van der Waals surface area contributed by atoms with Gasteiger partial charge in [-0.3, -0.25) is 4.79 Å². The van der Waals surface area contributed by atoms with Crippen molar-refractivity contribution in [3.8, 4) is 0 Å². The number of aliphatic hydroxyl groups excluding tert-OH is 1. The van der Waals surface area contributed by atoms with Gasteiger partial charge < -0.3 is 20.3 Å². The number of nitrogens with one attached hydrogen (secondary N) is 2. The number of aliphatic hydroxyl groups is 1. The summed E-state index contributed by atoms with van der Waals surface area (Å²) in [6.45, 7) is 5.62. The van der Waals surface area contributed by atoms with Gasteiger partial charge in [0.1, 0.15) is 0 Å². The van der Waals surface area contributed by atoms with Gasteiger partial charge in [-0.25, -0.2) is 4.79 Å². The number of rotatable bonds is 5. The van der Waals surface area contributed by atoms with Gasteiger partial charge in [-0.15, -0.1) is 0 Å². The molecule has 0 saturated carbocycles. The molecule has 6 heteroatoms. The van der Waals surface area contributed by atoms with E-state index in [0.717, 1.165) is 0 Å². The molecule has 0 fully saturated rings. The van der Waals surface area contributed by atoms with Crippen LogP contribution in [-0.4, -0.2) is 27.9 Å². The normalized spacial score (nSPS) is 13.7. The van der Waals surface area contributed by atoms with Gasteiger partial charge in [-0.05, 0) is 32.3 Å². The number of hydrogen-bond donors (Lipinski definition) is 3. The van der Waals surface area contributed by atoms with Gasteiger partial charge in [0.2, 0.25) is 0 Å². The summed E-state index contributed by atoms with van der Waals surface area (Å²) in [5.41, 5.74) is 0.732. The molecular formula is C14H23N3O3. The van der Waals surface area contributed by atoms with Crippen molar-refractivity contribution >= 4 is 11.7 Å². The second kappa shape index (κ2) is 6.56. The molecule has 0 radical (unpaired) electrons. The van der Waals surface area contributed by atoms with Crippen LogP contribution in [0.2, 0.25) is 0 Å². The fraction of sp³-hybridized carbons (Fsp3) is 0.571. The average Bonchev–Trinajstić information content (AvgIpc) is 2.36. The minimum atomic E-state index is -0.451. The van der Waals surface area contributed by atoms with E-state index in [1.165, 1.54) is 10.6 Å². The van der Waals surface area contributed by atoms with Crippen LogP contribution in [0.15, 0.2) is 17.1 Å². The van der Waals surface area contributed by atoms with E-state index in [2.05, 4.69) is 10.6 Å². The predicted octanol–water partition coefficient (Wildman–Crippen LogP) is 1.37. The third-order valence-corrected chi connectivity index (χ3v) is 3.54. The fourth-order valence-electron chi connectivity index (χ4n) is 1.86. The van der Waals surface area contributed by atoms with Crippen LogP contribution in [0.1, 0.15) is 32.3 Å². The summed E-state index contributed by atoms with van der Waals surface area (Å²) in [7, 11) is 1.63. The molecule has 0 aliphatic rings. The molecule has 0 aliphatic heterocycles. The Balaban J connectivity index is 2.81. The molecule has 0 aliphatic carbocycles. The first-order valence-electron chi connectivity index (χ1n) is 6.68. The van der Waals surface area contributed by atoms with Crippen LogP contribution in [-0.2, 0) is 7.05 Å². The second-order valence-electron chi connectivity index (χ2n) is 5.29. The number of anilines is 1. The molecule has 1 aromatic heterocycles. The summed E-state index contributed by atoms with van der Waals surface area (Å²) in [6, 6.07) is 1.13. The topological polar surface area (TPSA) is 83.4 Å². The van der Waals surface area contributed by atoms with Crippen LogP contribution < -0.4 is 16.2 Å². The SMILES string of the molecule is CCC(C)(CCO)NC(=O)Nc1cn(C)c(=O)cc1C. The number of hydrogen-bond acceptors (Lipinski definition) is 3. The molecule has 0 saturated heterocycles. The third kappa shape index (κ3) is 4.09. The van der Waals surface area contributed by atoms with Crippen molar-refractivity contribution in [1.29, 1.82) is 0 Å². The summed E-state index contributed by atoms with van der Waals surface area (Å²) in [5.74, 6) is 0. The molecule has 1 atom stereocenters. The van der Waals surface area contributed by atoms with Gasteiger partial charge in [0.25, 0.3) is 5.56 Å². The Kier molecular flexibility index (Phi) is 5.33. The van der Waals surface area contributed by atoms with Gasteiger partial charge in [0.15, 0.2) is 0 Å². The van der Waals surface area contributed by atoms with E-state index < -0.39 is 5.54 Å². The van der Waals surface area contributed by atoms with Crippen LogP contribution >= 0.6 is 0 Å². The first-order chi connectivity index (χ1) is 9.31. The summed E-state index contributed by atoms with van der Waals surface area (Å²) in [5, 5.41) is 14.6. The zero-order valence-corrected chi connectivity index (χ0v) is 12.5. The minimum absolute atomic E-state index is 0.0173. The number of aromatic nitrogens is 1. The number of amides is 2. The van der Waals surface area contributed by atoms with Crippen molar-refractivity contribution in [2.75, 3.05) is 11.9 Å². The molecule has 0 aromatic carbocycles. The summed E-state index contributed by atoms with van der Waals surface area (Å²) < 4.78 is 1.41. The molecule has 0 spiro atoms. The monoisotopic (exact) mass is 281 g/mol. The van der Waals surface area contributed by atoms with Gasteiger partial charge in [0.05, 0.1) is 5.69 Å². The van der Waals surface area contributed by atoms with E-state index in [1.807, 2.05) is 13.8 Å². The number of urea groups is 1. The Labute approximate surface area is 118 Å². The standard InChI is InChI=1S/C14H23N3O3/c1-5-14(3,6-7-18)16-13(20)15-11-9-17(4)12(19)8-10(11)2/h8-9,18H,5-7H2,1-4H3,(H2,15,16,20). The van der Waals surface area contributed by atoms with Crippen molar-refractivity contribution in [2.24, 2.45) is 7.05 Å². The Hall–Kier alpha value is -1.82. The molecule has 2 amide bonds. The first-order valence-corrected chi connectivity index (χ1v) is 6.68.